The summed E-state index contributed by atoms with van der Waals surface area (Å²) < 4.78 is 0. The minimum absolute atomic E-state index is 0.132. The molecule has 0 aromatic rings. The molecule has 100 valence electrons. The monoisotopic (exact) mass is 240 g/mol. The summed E-state index contributed by atoms with van der Waals surface area (Å²) in [5.41, 5.74) is 0.132. The first-order chi connectivity index (χ1) is 7.95. The van der Waals surface area contributed by atoms with E-state index in [0.717, 1.165) is 12.5 Å². The summed E-state index contributed by atoms with van der Waals surface area (Å²) in [6, 6.07) is 0.615. The van der Waals surface area contributed by atoms with E-state index in [1.54, 1.807) is 0 Å². The average Bonchev–Trinajstić information content (AvgIpc) is 2.76. The van der Waals surface area contributed by atoms with Crippen molar-refractivity contribution in [1.29, 1.82) is 0 Å². The van der Waals surface area contributed by atoms with Crippen molar-refractivity contribution in [3.8, 4) is 0 Å². The summed E-state index contributed by atoms with van der Waals surface area (Å²) in [6.45, 7) is 5.35. The maximum Gasteiger partial charge on any atom is 0.191 e. The minimum Gasteiger partial charge on any atom is -0.355 e. The second-order valence-corrected chi connectivity index (χ2v) is 5.76. The number of aliphatic imine (C=N–C) groups is 1. The van der Waals surface area contributed by atoms with Crippen molar-refractivity contribution in [1.82, 2.24) is 15.5 Å². The van der Waals surface area contributed by atoms with Gasteiger partial charge in [-0.2, -0.15) is 0 Å². The second-order valence-electron chi connectivity index (χ2n) is 5.76. The van der Waals surface area contributed by atoms with Gasteiger partial charge in [-0.1, -0.05) is 12.8 Å². The molecule has 0 aliphatic heterocycles. The summed E-state index contributed by atoms with van der Waals surface area (Å²) in [6.07, 6.45) is 5.24. The van der Waals surface area contributed by atoms with Gasteiger partial charge in [0.05, 0.1) is 0 Å². The maximum atomic E-state index is 4.29. The van der Waals surface area contributed by atoms with Crippen molar-refractivity contribution in [2.45, 2.75) is 51.1 Å². The average molecular weight is 240 g/mol. The van der Waals surface area contributed by atoms with E-state index in [2.05, 4.69) is 48.5 Å². The number of nitrogens with one attached hydrogen (secondary N) is 2. The van der Waals surface area contributed by atoms with E-state index in [9.17, 15) is 0 Å². The van der Waals surface area contributed by atoms with Crippen LogP contribution in [0.5, 0.6) is 0 Å². The lowest BCUT2D eigenvalue weighted by Gasteiger charge is -2.33. The van der Waals surface area contributed by atoms with Gasteiger partial charge in [-0.15, -0.1) is 0 Å². The predicted octanol–water partition coefficient (Wildman–Crippen LogP) is 1.43. The van der Waals surface area contributed by atoms with Crippen LogP contribution in [0.15, 0.2) is 4.99 Å². The molecular weight excluding hydrogens is 212 g/mol. The molecule has 0 unspecified atom stereocenters. The molecule has 17 heavy (non-hydrogen) atoms. The summed E-state index contributed by atoms with van der Waals surface area (Å²) in [7, 11) is 6.05. The van der Waals surface area contributed by atoms with Gasteiger partial charge >= 0.3 is 0 Å². The zero-order chi connectivity index (χ0) is 12.9. The van der Waals surface area contributed by atoms with Crippen molar-refractivity contribution in [2.75, 3.05) is 27.7 Å². The fourth-order valence-electron chi connectivity index (χ4n) is 1.92. The Morgan fingerprint density at radius 3 is 2.35 bits per heavy atom. The van der Waals surface area contributed by atoms with Crippen LogP contribution in [-0.2, 0) is 0 Å². The molecule has 4 nitrogen and oxygen atoms in total. The van der Waals surface area contributed by atoms with Crippen LogP contribution in [-0.4, -0.2) is 50.1 Å². The van der Waals surface area contributed by atoms with Crippen LogP contribution < -0.4 is 10.6 Å². The van der Waals surface area contributed by atoms with Crippen LogP contribution in [0.4, 0.5) is 0 Å². The van der Waals surface area contributed by atoms with E-state index in [4.69, 9.17) is 0 Å². The molecule has 4 heteroatoms. The molecule has 1 aliphatic carbocycles. The van der Waals surface area contributed by atoms with Crippen molar-refractivity contribution in [3.05, 3.63) is 0 Å². The van der Waals surface area contributed by atoms with E-state index >= 15 is 0 Å². The third kappa shape index (κ3) is 4.54. The van der Waals surface area contributed by atoms with Gasteiger partial charge in [0.15, 0.2) is 5.96 Å². The molecule has 0 atom stereocenters. The lowest BCUT2D eigenvalue weighted by Crippen LogP contribution is -2.52. The van der Waals surface area contributed by atoms with Crippen LogP contribution in [0.3, 0.4) is 0 Å². The van der Waals surface area contributed by atoms with Crippen LogP contribution in [0, 0.1) is 0 Å². The van der Waals surface area contributed by atoms with Crippen molar-refractivity contribution < 1.29 is 0 Å². The number of likely N-dealkylation sites (N-methyl/N-ethyl adjacent to an activating group) is 1. The third-order valence-electron chi connectivity index (χ3n) is 3.82. The minimum atomic E-state index is 0.132. The Balaban J connectivity index is 2.37. The summed E-state index contributed by atoms with van der Waals surface area (Å²) >= 11 is 0. The van der Waals surface area contributed by atoms with Crippen molar-refractivity contribution in [3.63, 3.8) is 0 Å². The fourth-order valence-corrected chi connectivity index (χ4v) is 1.92. The molecule has 1 rings (SSSR count). The first-order valence-electron chi connectivity index (χ1n) is 6.60. The molecule has 0 heterocycles. The highest BCUT2D eigenvalue weighted by Gasteiger charge is 2.21. The zero-order valence-electron chi connectivity index (χ0n) is 12.0. The van der Waals surface area contributed by atoms with E-state index in [-0.39, 0.29) is 5.54 Å². The van der Waals surface area contributed by atoms with E-state index < -0.39 is 0 Å². The van der Waals surface area contributed by atoms with Gasteiger partial charge in [-0.05, 0) is 40.8 Å². The highest BCUT2D eigenvalue weighted by molar-refractivity contribution is 5.80. The molecule has 0 bridgehead atoms. The first kappa shape index (κ1) is 14.3. The van der Waals surface area contributed by atoms with Crippen molar-refractivity contribution >= 4 is 5.96 Å². The van der Waals surface area contributed by atoms with E-state index in [0.29, 0.717) is 6.04 Å². The van der Waals surface area contributed by atoms with Gasteiger partial charge in [0.25, 0.3) is 0 Å². The molecule has 1 saturated carbocycles. The normalized spacial score (nSPS) is 18.8. The topological polar surface area (TPSA) is 39.7 Å². The number of hydrogen-bond acceptors (Lipinski definition) is 2. The SMILES string of the molecule is CN=C(NCC(C)(C)N(C)C)NC1CCCC1. The van der Waals surface area contributed by atoms with Crippen LogP contribution in [0.25, 0.3) is 0 Å². The summed E-state index contributed by atoms with van der Waals surface area (Å²) in [5.74, 6) is 0.937. The van der Waals surface area contributed by atoms with Gasteiger partial charge in [0.1, 0.15) is 0 Å². The fraction of sp³-hybridized carbons (Fsp3) is 0.923. The number of rotatable bonds is 4. The molecule has 0 aromatic heterocycles. The number of guanidine groups is 1. The summed E-state index contributed by atoms with van der Waals surface area (Å²) in [5, 5.41) is 6.91. The summed E-state index contributed by atoms with van der Waals surface area (Å²) in [4.78, 5) is 6.51. The zero-order valence-corrected chi connectivity index (χ0v) is 12.0. The Morgan fingerprint density at radius 1 is 1.29 bits per heavy atom. The van der Waals surface area contributed by atoms with E-state index in [1.807, 2.05) is 7.05 Å². The van der Waals surface area contributed by atoms with Gasteiger partial charge in [-0.3, -0.25) is 4.99 Å². The third-order valence-corrected chi connectivity index (χ3v) is 3.82. The van der Waals surface area contributed by atoms with Gasteiger partial charge in [-0.25, -0.2) is 0 Å². The van der Waals surface area contributed by atoms with Gasteiger partial charge in [0.2, 0.25) is 0 Å². The molecule has 2 N–H and O–H groups in total. The lowest BCUT2D eigenvalue weighted by molar-refractivity contribution is 0.197. The number of nitrogens with zero attached hydrogens (tertiary/aromatic N) is 2. The van der Waals surface area contributed by atoms with Crippen LogP contribution >= 0.6 is 0 Å². The largest absolute Gasteiger partial charge is 0.355 e. The Morgan fingerprint density at radius 2 is 1.88 bits per heavy atom. The second kappa shape index (κ2) is 6.24. The Labute approximate surface area is 106 Å². The standard InChI is InChI=1S/C13H28N4/c1-13(2,17(4)5)10-15-12(14-3)16-11-8-6-7-9-11/h11H,6-10H2,1-5H3,(H2,14,15,16). The highest BCUT2D eigenvalue weighted by atomic mass is 15.2. The molecular formula is C13H28N4. The van der Waals surface area contributed by atoms with Crippen LogP contribution in [0.1, 0.15) is 39.5 Å². The molecule has 0 radical (unpaired) electrons. The van der Waals surface area contributed by atoms with Gasteiger partial charge in [0, 0.05) is 25.2 Å². The molecule has 1 fully saturated rings. The first-order valence-corrected chi connectivity index (χ1v) is 6.60. The quantitative estimate of drug-likeness (QED) is 0.577. The Kier molecular flexibility index (Phi) is 5.25. The van der Waals surface area contributed by atoms with Crippen LogP contribution in [0.2, 0.25) is 0 Å². The molecule has 0 aromatic carbocycles. The van der Waals surface area contributed by atoms with Crippen molar-refractivity contribution in [2.24, 2.45) is 4.99 Å². The molecule has 1 aliphatic rings. The Hall–Kier alpha value is -0.770. The molecule has 0 amide bonds. The smallest absolute Gasteiger partial charge is 0.191 e. The molecule has 0 spiro atoms. The maximum absolute atomic E-state index is 4.29. The lowest BCUT2D eigenvalue weighted by atomic mass is 10.0. The highest BCUT2D eigenvalue weighted by Crippen LogP contribution is 2.17. The Bertz CT molecular complexity index is 252. The predicted molar refractivity (Wildman–Crippen MR) is 74.5 cm³/mol. The molecule has 0 saturated heterocycles. The van der Waals surface area contributed by atoms with E-state index in [1.165, 1.54) is 25.7 Å². The number of hydrogen-bond donors (Lipinski definition) is 2. The van der Waals surface area contributed by atoms with Gasteiger partial charge < -0.3 is 15.5 Å².